The Morgan fingerprint density at radius 3 is 2.50 bits per heavy atom. The Labute approximate surface area is 170 Å². The fraction of sp³-hybridized carbons (Fsp3) is 0.174. The summed E-state index contributed by atoms with van der Waals surface area (Å²) in [7, 11) is 1.60. The average Bonchev–Trinajstić information content (AvgIpc) is 2.70. The first-order valence-corrected chi connectivity index (χ1v) is 9.30. The van der Waals surface area contributed by atoms with Gasteiger partial charge >= 0.3 is 0 Å². The summed E-state index contributed by atoms with van der Waals surface area (Å²) in [5.74, 6) is 0.490. The summed E-state index contributed by atoms with van der Waals surface area (Å²) in [5, 5.41) is 3.56. The van der Waals surface area contributed by atoms with Crippen LogP contribution in [0.4, 0.5) is 5.69 Å². The normalized spacial score (nSPS) is 10.5. The smallest absolute Gasteiger partial charge is 0.255 e. The summed E-state index contributed by atoms with van der Waals surface area (Å²) in [4.78, 5) is 12.7. The van der Waals surface area contributed by atoms with Gasteiger partial charge in [-0.25, -0.2) is 0 Å². The van der Waals surface area contributed by atoms with Gasteiger partial charge in [-0.1, -0.05) is 41.9 Å². The van der Waals surface area contributed by atoms with Gasteiger partial charge in [0.1, 0.15) is 5.75 Å². The van der Waals surface area contributed by atoms with Crippen LogP contribution in [-0.2, 0) is 18.0 Å². The molecule has 4 nitrogen and oxygen atoms in total. The average molecular weight is 396 g/mol. The Bertz CT molecular complexity index is 957. The quantitative estimate of drug-likeness (QED) is 0.564. The minimum atomic E-state index is -0.197. The van der Waals surface area contributed by atoms with Crippen molar-refractivity contribution in [3.8, 4) is 5.75 Å². The highest BCUT2D eigenvalue weighted by Crippen LogP contribution is 2.24. The van der Waals surface area contributed by atoms with E-state index in [2.05, 4.69) is 5.32 Å². The lowest BCUT2D eigenvalue weighted by atomic mass is 10.1. The summed E-state index contributed by atoms with van der Waals surface area (Å²) in [6.45, 7) is 2.74. The van der Waals surface area contributed by atoms with Crippen LogP contribution in [0.3, 0.4) is 0 Å². The number of hydrogen-bond donors (Lipinski definition) is 1. The van der Waals surface area contributed by atoms with Crippen molar-refractivity contribution in [2.45, 2.75) is 20.1 Å². The zero-order valence-electron chi connectivity index (χ0n) is 15.9. The molecule has 0 heterocycles. The van der Waals surface area contributed by atoms with Gasteiger partial charge in [-0.15, -0.1) is 0 Å². The molecule has 1 amide bonds. The van der Waals surface area contributed by atoms with Gasteiger partial charge < -0.3 is 14.8 Å². The van der Waals surface area contributed by atoms with Crippen LogP contribution >= 0.6 is 11.6 Å². The molecule has 0 bridgehead atoms. The highest BCUT2D eigenvalue weighted by Gasteiger charge is 2.12. The van der Waals surface area contributed by atoms with E-state index in [9.17, 15) is 4.79 Å². The first kappa shape index (κ1) is 19.9. The maximum atomic E-state index is 12.7. The Balaban J connectivity index is 1.71. The zero-order valence-corrected chi connectivity index (χ0v) is 16.6. The molecule has 1 N–H and O–H groups in total. The largest absolute Gasteiger partial charge is 0.496 e. The third kappa shape index (κ3) is 5.12. The molecule has 0 aliphatic carbocycles. The summed E-state index contributed by atoms with van der Waals surface area (Å²) in [6, 6.07) is 20.6. The monoisotopic (exact) mass is 395 g/mol. The van der Waals surface area contributed by atoms with E-state index >= 15 is 0 Å². The van der Waals surface area contributed by atoms with Crippen LogP contribution < -0.4 is 10.1 Å². The standard InChI is InChI=1S/C23H22ClNO3/c1-16-12-20(24)9-10-21(16)25-23(26)18-8-11-22(27-2)19(13-18)15-28-14-17-6-4-3-5-7-17/h3-13H,14-15H2,1-2H3,(H,25,26). The number of amides is 1. The predicted molar refractivity (Wildman–Crippen MR) is 112 cm³/mol. The molecule has 0 unspecified atom stereocenters. The number of benzene rings is 3. The molecule has 28 heavy (non-hydrogen) atoms. The van der Waals surface area contributed by atoms with Gasteiger partial charge in [-0.05, 0) is 54.4 Å². The maximum absolute atomic E-state index is 12.7. The van der Waals surface area contributed by atoms with Gasteiger partial charge in [-0.3, -0.25) is 4.79 Å². The van der Waals surface area contributed by atoms with Gasteiger partial charge in [-0.2, -0.15) is 0 Å². The van der Waals surface area contributed by atoms with E-state index in [0.29, 0.717) is 29.5 Å². The fourth-order valence-electron chi connectivity index (χ4n) is 2.85. The topological polar surface area (TPSA) is 47.6 Å². The van der Waals surface area contributed by atoms with Crippen LogP contribution in [0, 0.1) is 6.92 Å². The molecule has 0 aliphatic rings. The molecular formula is C23H22ClNO3. The highest BCUT2D eigenvalue weighted by atomic mass is 35.5. The van der Waals surface area contributed by atoms with E-state index in [0.717, 1.165) is 22.4 Å². The van der Waals surface area contributed by atoms with E-state index in [-0.39, 0.29) is 5.91 Å². The van der Waals surface area contributed by atoms with Crippen LogP contribution in [0.1, 0.15) is 27.0 Å². The molecule has 0 atom stereocenters. The molecule has 0 radical (unpaired) electrons. The van der Waals surface area contributed by atoms with Crippen molar-refractivity contribution in [3.05, 3.63) is 94.0 Å². The highest BCUT2D eigenvalue weighted by molar-refractivity contribution is 6.30. The first-order chi connectivity index (χ1) is 13.6. The lowest BCUT2D eigenvalue weighted by molar-refractivity contribution is 0.102. The van der Waals surface area contributed by atoms with Crippen molar-refractivity contribution < 1.29 is 14.3 Å². The SMILES string of the molecule is COc1ccc(C(=O)Nc2ccc(Cl)cc2C)cc1COCc1ccccc1. The number of rotatable bonds is 7. The second kappa shape index (κ2) is 9.40. The second-order valence-electron chi connectivity index (χ2n) is 6.42. The summed E-state index contributed by atoms with van der Waals surface area (Å²) in [5.41, 5.74) is 4.08. The third-order valence-electron chi connectivity index (χ3n) is 4.35. The molecule has 5 heteroatoms. The Kier molecular flexibility index (Phi) is 6.69. The van der Waals surface area contributed by atoms with E-state index in [1.165, 1.54) is 0 Å². The van der Waals surface area contributed by atoms with Gasteiger partial charge in [0.25, 0.3) is 5.91 Å². The van der Waals surface area contributed by atoms with Crippen molar-refractivity contribution in [1.82, 2.24) is 0 Å². The molecule has 0 spiro atoms. The van der Waals surface area contributed by atoms with Gasteiger partial charge in [0.05, 0.1) is 20.3 Å². The molecule has 0 fully saturated rings. The van der Waals surface area contributed by atoms with Crippen LogP contribution in [0.2, 0.25) is 5.02 Å². The molecule has 3 aromatic carbocycles. The maximum Gasteiger partial charge on any atom is 0.255 e. The van der Waals surface area contributed by atoms with Crippen LogP contribution in [0.5, 0.6) is 5.75 Å². The molecule has 3 rings (SSSR count). The third-order valence-corrected chi connectivity index (χ3v) is 4.58. The van der Waals surface area contributed by atoms with Gasteiger partial charge in [0.2, 0.25) is 0 Å². The Morgan fingerprint density at radius 2 is 1.79 bits per heavy atom. The lowest BCUT2D eigenvalue weighted by Crippen LogP contribution is -2.13. The van der Waals surface area contributed by atoms with Crippen molar-refractivity contribution >= 4 is 23.2 Å². The van der Waals surface area contributed by atoms with Gasteiger partial charge in [0, 0.05) is 21.8 Å². The number of carbonyl (C=O) groups excluding carboxylic acids is 1. The van der Waals surface area contributed by atoms with Crippen LogP contribution in [-0.4, -0.2) is 13.0 Å². The predicted octanol–water partition coefficient (Wildman–Crippen LogP) is 5.63. The minimum Gasteiger partial charge on any atom is -0.496 e. The van der Waals surface area contributed by atoms with Gasteiger partial charge in [0.15, 0.2) is 0 Å². The molecule has 144 valence electrons. The number of halogens is 1. The fourth-order valence-corrected chi connectivity index (χ4v) is 3.07. The zero-order chi connectivity index (χ0) is 19.9. The number of aryl methyl sites for hydroxylation is 1. The van der Waals surface area contributed by atoms with Crippen molar-refractivity contribution in [1.29, 1.82) is 0 Å². The number of hydrogen-bond acceptors (Lipinski definition) is 3. The molecule has 0 aromatic heterocycles. The number of methoxy groups -OCH3 is 1. The minimum absolute atomic E-state index is 0.197. The molecule has 3 aromatic rings. The van der Waals surface area contributed by atoms with E-state index in [1.54, 1.807) is 37.4 Å². The number of ether oxygens (including phenoxy) is 2. The first-order valence-electron chi connectivity index (χ1n) is 8.93. The molecular weight excluding hydrogens is 374 g/mol. The van der Waals surface area contributed by atoms with E-state index in [4.69, 9.17) is 21.1 Å². The molecule has 0 aliphatic heterocycles. The van der Waals surface area contributed by atoms with E-state index < -0.39 is 0 Å². The number of carbonyl (C=O) groups is 1. The number of nitrogens with one attached hydrogen (secondary N) is 1. The van der Waals surface area contributed by atoms with Crippen molar-refractivity contribution in [2.24, 2.45) is 0 Å². The van der Waals surface area contributed by atoms with Crippen LogP contribution in [0.25, 0.3) is 0 Å². The van der Waals surface area contributed by atoms with E-state index in [1.807, 2.05) is 43.3 Å². The summed E-state index contributed by atoms with van der Waals surface area (Å²) in [6.07, 6.45) is 0. The lowest BCUT2D eigenvalue weighted by Gasteiger charge is -2.13. The van der Waals surface area contributed by atoms with Crippen molar-refractivity contribution in [3.63, 3.8) is 0 Å². The summed E-state index contributed by atoms with van der Waals surface area (Å²) < 4.78 is 11.2. The second-order valence-corrected chi connectivity index (χ2v) is 6.85. The molecule has 0 saturated heterocycles. The van der Waals surface area contributed by atoms with Crippen LogP contribution in [0.15, 0.2) is 66.7 Å². The summed E-state index contributed by atoms with van der Waals surface area (Å²) >= 11 is 5.98. The Hall–Kier alpha value is -2.82. The number of anilines is 1. The van der Waals surface area contributed by atoms with Crippen molar-refractivity contribution in [2.75, 3.05) is 12.4 Å². The Morgan fingerprint density at radius 1 is 1.00 bits per heavy atom. The molecule has 0 saturated carbocycles.